The molecule has 1 amide bonds. The first-order chi connectivity index (χ1) is 10.9. The van der Waals surface area contributed by atoms with E-state index in [1.807, 2.05) is 39.8 Å². The van der Waals surface area contributed by atoms with Crippen LogP contribution in [0.2, 0.25) is 0 Å². The van der Waals surface area contributed by atoms with E-state index in [-0.39, 0.29) is 37.1 Å². The maximum Gasteiger partial charge on any atom is 0.258 e. The fourth-order valence-corrected chi connectivity index (χ4v) is 1.96. The number of halogens is 1. The number of carbonyl (C=O) groups excluding carboxylic acids is 1. The van der Waals surface area contributed by atoms with Gasteiger partial charge in [0.1, 0.15) is 0 Å². The van der Waals surface area contributed by atoms with Crippen LogP contribution in [0.25, 0.3) is 0 Å². The van der Waals surface area contributed by atoms with Gasteiger partial charge in [0.2, 0.25) is 0 Å². The Morgan fingerprint density at radius 3 is 2.50 bits per heavy atom. The number of hydrogen-bond donors (Lipinski definition) is 3. The molecule has 0 aliphatic heterocycles. The molecule has 1 aromatic carbocycles. The van der Waals surface area contributed by atoms with E-state index < -0.39 is 0 Å². The summed E-state index contributed by atoms with van der Waals surface area (Å²) in [5, 5.41) is 14.7. The molecule has 138 valence electrons. The number of hydrogen-bond acceptors (Lipinski definition) is 5. The van der Waals surface area contributed by atoms with Crippen molar-refractivity contribution >= 4 is 18.3 Å². The van der Waals surface area contributed by atoms with Crippen LogP contribution in [0.5, 0.6) is 11.5 Å². The van der Waals surface area contributed by atoms with E-state index in [1.165, 1.54) is 0 Å². The SMILES string of the molecule is CCOc1cc(CNCCO)ccc1OCC(=O)NC(C)(C)C.Cl. The number of benzene rings is 1. The van der Waals surface area contributed by atoms with E-state index in [1.54, 1.807) is 6.07 Å². The Labute approximate surface area is 150 Å². The number of aliphatic hydroxyl groups is 1. The van der Waals surface area contributed by atoms with E-state index in [0.717, 1.165) is 5.56 Å². The number of nitrogens with one attached hydrogen (secondary N) is 2. The molecule has 0 spiro atoms. The van der Waals surface area contributed by atoms with E-state index in [9.17, 15) is 4.79 Å². The van der Waals surface area contributed by atoms with Crippen LogP contribution >= 0.6 is 12.4 Å². The third-order valence-electron chi connectivity index (χ3n) is 2.80. The topological polar surface area (TPSA) is 79.8 Å². The van der Waals surface area contributed by atoms with Crippen LogP contribution in [-0.2, 0) is 11.3 Å². The molecule has 6 nitrogen and oxygen atoms in total. The molecular weight excluding hydrogens is 332 g/mol. The fraction of sp³-hybridized carbons (Fsp3) is 0.588. The predicted molar refractivity (Wildman–Crippen MR) is 97.0 cm³/mol. The van der Waals surface area contributed by atoms with Crippen LogP contribution in [0.3, 0.4) is 0 Å². The van der Waals surface area contributed by atoms with E-state index in [0.29, 0.717) is 31.2 Å². The fourth-order valence-electron chi connectivity index (χ4n) is 1.96. The molecule has 0 bridgehead atoms. The first-order valence-electron chi connectivity index (χ1n) is 7.87. The van der Waals surface area contributed by atoms with Gasteiger partial charge >= 0.3 is 0 Å². The van der Waals surface area contributed by atoms with Gasteiger partial charge < -0.3 is 25.2 Å². The lowest BCUT2D eigenvalue weighted by molar-refractivity contribution is -0.124. The molecular formula is C17H29ClN2O4. The Hall–Kier alpha value is -1.50. The highest BCUT2D eigenvalue weighted by atomic mass is 35.5. The molecule has 0 aliphatic carbocycles. The average molecular weight is 361 g/mol. The molecule has 1 aromatic rings. The maximum atomic E-state index is 11.8. The van der Waals surface area contributed by atoms with Gasteiger partial charge in [0.15, 0.2) is 18.1 Å². The molecule has 0 saturated carbocycles. The average Bonchev–Trinajstić information content (AvgIpc) is 2.45. The summed E-state index contributed by atoms with van der Waals surface area (Å²) in [4.78, 5) is 11.8. The number of ether oxygens (including phenoxy) is 2. The van der Waals surface area contributed by atoms with Gasteiger partial charge in [-0.1, -0.05) is 6.07 Å². The number of rotatable bonds is 9. The van der Waals surface area contributed by atoms with Crippen molar-refractivity contribution in [1.29, 1.82) is 0 Å². The van der Waals surface area contributed by atoms with Crippen LogP contribution in [-0.4, -0.2) is 42.9 Å². The highest BCUT2D eigenvalue weighted by molar-refractivity contribution is 5.85. The van der Waals surface area contributed by atoms with Crippen molar-refractivity contribution < 1.29 is 19.4 Å². The lowest BCUT2D eigenvalue weighted by Crippen LogP contribution is -2.43. The van der Waals surface area contributed by atoms with E-state index in [2.05, 4.69) is 10.6 Å². The summed E-state index contributed by atoms with van der Waals surface area (Å²) in [6.07, 6.45) is 0. The Morgan fingerprint density at radius 2 is 1.92 bits per heavy atom. The predicted octanol–water partition coefficient (Wildman–Crippen LogP) is 1.88. The zero-order valence-electron chi connectivity index (χ0n) is 14.8. The van der Waals surface area contributed by atoms with Crippen molar-refractivity contribution in [2.45, 2.75) is 39.8 Å². The summed E-state index contributed by atoms with van der Waals surface area (Å²) in [6, 6.07) is 5.58. The third kappa shape index (κ3) is 8.96. The second-order valence-electron chi connectivity index (χ2n) is 6.20. The van der Waals surface area contributed by atoms with Gasteiger partial charge in [0.25, 0.3) is 5.91 Å². The second-order valence-corrected chi connectivity index (χ2v) is 6.20. The normalized spacial score (nSPS) is 10.7. The minimum Gasteiger partial charge on any atom is -0.490 e. The molecule has 3 N–H and O–H groups in total. The van der Waals surface area contributed by atoms with Crippen LogP contribution in [0, 0.1) is 0 Å². The zero-order valence-corrected chi connectivity index (χ0v) is 15.7. The van der Waals surface area contributed by atoms with Crippen molar-refractivity contribution in [3.05, 3.63) is 23.8 Å². The molecule has 7 heteroatoms. The summed E-state index contributed by atoms with van der Waals surface area (Å²) >= 11 is 0. The second kappa shape index (κ2) is 11.1. The van der Waals surface area contributed by atoms with Crippen molar-refractivity contribution in [3.63, 3.8) is 0 Å². The highest BCUT2D eigenvalue weighted by Gasteiger charge is 2.15. The van der Waals surface area contributed by atoms with Crippen LogP contribution in [0.15, 0.2) is 18.2 Å². The van der Waals surface area contributed by atoms with Gasteiger partial charge in [-0.3, -0.25) is 4.79 Å². The summed E-state index contributed by atoms with van der Waals surface area (Å²) in [5.74, 6) is 0.981. The molecule has 0 radical (unpaired) electrons. The van der Waals surface area contributed by atoms with Crippen molar-refractivity contribution in [3.8, 4) is 11.5 Å². The molecule has 0 aliphatic rings. The van der Waals surface area contributed by atoms with Crippen LogP contribution in [0.4, 0.5) is 0 Å². The van der Waals surface area contributed by atoms with Crippen molar-refractivity contribution in [2.75, 3.05) is 26.4 Å². The number of amides is 1. The lowest BCUT2D eigenvalue weighted by Gasteiger charge is -2.21. The van der Waals surface area contributed by atoms with Crippen molar-refractivity contribution in [1.82, 2.24) is 10.6 Å². The molecule has 0 fully saturated rings. The van der Waals surface area contributed by atoms with Crippen LogP contribution < -0.4 is 20.1 Å². The minimum atomic E-state index is -0.286. The maximum absolute atomic E-state index is 11.8. The minimum absolute atomic E-state index is 0. The quantitative estimate of drug-likeness (QED) is 0.586. The van der Waals surface area contributed by atoms with Gasteiger partial charge in [0, 0.05) is 18.6 Å². The van der Waals surface area contributed by atoms with E-state index >= 15 is 0 Å². The molecule has 24 heavy (non-hydrogen) atoms. The van der Waals surface area contributed by atoms with E-state index in [4.69, 9.17) is 14.6 Å². The molecule has 0 atom stereocenters. The standard InChI is InChI=1S/C17H28N2O4.ClH/c1-5-22-15-10-13(11-18-8-9-20)6-7-14(15)23-12-16(21)19-17(2,3)4;/h6-7,10,18,20H,5,8-9,11-12H2,1-4H3,(H,19,21);1H. The Balaban J connectivity index is 0.00000529. The molecule has 0 saturated heterocycles. The summed E-state index contributed by atoms with van der Waals surface area (Å²) in [6.45, 7) is 9.38. The molecule has 0 heterocycles. The summed E-state index contributed by atoms with van der Waals surface area (Å²) in [7, 11) is 0. The third-order valence-corrected chi connectivity index (χ3v) is 2.80. The Kier molecular flexibility index (Phi) is 10.4. The van der Waals surface area contributed by atoms with Gasteiger partial charge in [-0.2, -0.15) is 0 Å². The zero-order chi connectivity index (χ0) is 17.3. The molecule has 0 unspecified atom stereocenters. The summed E-state index contributed by atoms with van der Waals surface area (Å²) in [5.41, 5.74) is 0.735. The number of carbonyl (C=O) groups is 1. The molecule has 1 rings (SSSR count). The summed E-state index contributed by atoms with van der Waals surface area (Å²) < 4.78 is 11.2. The van der Waals surface area contributed by atoms with Gasteiger partial charge in [0.05, 0.1) is 13.2 Å². The monoisotopic (exact) mass is 360 g/mol. The first-order valence-corrected chi connectivity index (χ1v) is 7.87. The van der Waals surface area contributed by atoms with Gasteiger partial charge in [-0.05, 0) is 45.4 Å². The Morgan fingerprint density at radius 1 is 1.21 bits per heavy atom. The van der Waals surface area contributed by atoms with Crippen molar-refractivity contribution in [2.24, 2.45) is 0 Å². The van der Waals surface area contributed by atoms with Crippen LogP contribution in [0.1, 0.15) is 33.3 Å². The number of aliphatic hydroxyl groups excluding tert-OH is 1. The van der Waals surface area contributed by atoms with Gasteiger partial charge in [-0.15, -0.1) is 12.4 Å². The first kappa shape index (κ1) is 22.5. The van der Waals surface area contributed by atoms with Gasteiger partial charge in [-0.25, -0.2) is 0 Å². The highest BCUT2D eigenvalue weighted by Crippen LogP contribution is 2.28. The lowest BCUT2D eigenvalue weighted by atomic mass is 10.1. The largest absolute Gasteiger partial charge is 0.490 e. The Bertz CT molecular complexity index is 504. The molecule has 0 aromatic heterocycles. The smallest absolute Gasteiger partial charge is 0.258 e.